The zero-order chi connectivity index (χ0) is 13.7. The van der Waals surface area contributed by atoms with Crippen LogP contribution in [0.2, 0.25) is 0 Å². The monoisotopic (exact) mass is 294 g/mol. The summed E-state index contributed by atoms with van der Waals surface area (Å²) in [6.07, 6.45) is 5.53. The first kappa shape index (κ1) is 12.5. The standard InChI is InChI=1S/C13H18N4O2S/c18-10-5-8-3-4-9(6-10)17(8)13(19)14-12-16-15-11(20-12)7-1-2-7/h7-10,18H,1-6H2,(H,14,16,19)/t8-,9+,10?. The molecule has 0 spiro atoms. The summed E-state index contributed by atoms with van der Waals surface area (Å²) in [5, 5.41) is 22.5. The molecule has 0 radical (unpaired) electrons. The molecule has 3 fully saturated rings. The number of nitrogens with one attached hydrogen (secondary N) is 1. The Hall–Kier alpha value is -1.21. The lowest BCUT2D eigenvalue weighted by molar-refractivity contribution is 0.0580. The van der Waals surface area contributed by atoms with E-state index in [0.717, 1.165) is 17.8 Å². The Morgan fingerprint density at radius 1 is 1.20 bits per heavy atom. The van der Waals surface area contributed by atoms with Gasteiger partial charge >= 0.3 is 6.03 Å². The van der Waals surface area contributed by atoms with Crippen molar-refractivity contribution in [3.63, 3.8) is 0 Å². The summed E-state index contributed by atoms with van der Waals surface area (Å²) >= 11 is 1.49. The third-order valence-electron chi connectivity index (χ3n) is 4.52. The van der Waals surface area contributed by atoms with Crippen LogP contribution in [0.25, 0.3) is 0 Å². The molecule has 1 unspecified atom stereocenters. The molecule has 1 saturated carbocycles. The highest BCUT2D eigenvalue weighted by Crippen LogP contribution is 2.42. The van der Waals surface area contributed by atoms with Gasteiger partial charge in [0.1, 0.15) is 5.01 Å². The molecule has 2 amide bonds. The molecule has 3 atom stereocenters. The van der Waals surface area contributed by atoms with Gasteiger partial charge in [-0.1, -0.05) is 11.3 Å². The fraction of sp³-hybridized carbons (Fsp3) is 0.769. The maximum atomic E-state index is 12.4. The van der Waals surface area contributed by atoms with Crippen LogP contribution in [-0.2, 0) is 0 Å². The predicted octanol–water partition coefficient (Wildman–Crippen LogP) is 1.94. The summed E-state index contributed by atoms with van der Waals surface area (Å²) in [7, 11) is 0. The number of aliphatic hydroxyl groups is 1. The van der Waals surface area contributed by atoms with Crippen molar-refractivity contribution in [1.82, 2.24) is 15.1 Å². The van der Waals surface area contributed by atoms with Crippen molar-refractivity contribution in [3.05, 3.63) is 5.01 Å². The van der Waals surface area contributed by atoms with Crippen molar-refractivity contribution in [3.8, 4) is 0 Å². The van der Waals surface area contributed by atoms with Crippen LogP contribution in [0, 0.1) is 0 Å². The van der Waals surface area contributed by atoms with Gasteiger partial charge in [0, 0.05) is 18.0 Å². The molecule has 4 rings (SSSR count). The van der Waals surface area contributed by atoms with Crippen LogP contribution in [-0.4, -0.2) is 44.4 Å². The molecule has 1 aliphatic carbocycles. The minimum Gasteiger partial charge on any atom is -0.393 e. The molecule has 7 heteroatoms. The smallest absolute Gasteiger partial charge is 0.324 e. The van der Waals surface area contributed by atoms with Crippen molar-refractivity contribution < 1.29 is 9.90 Å². The van der Waals surface area contributed by atoms with Gasteiger partial charge in [-0.25, -0.2) is 4.79 Å². The van der Waals surface area contributed by atoms with E-state index in [1.54, 1.807) is 0 Å². The number of aliphatic hydroxyl groups excluding tert-OH is 1. The van der Waals surface area contributed by atoms with Crippen LogP contribution in [0.5, 0.6) is 0 Å². The van der Waals surface area contributed by atoms with Crippen LogP contribution < -0.4 is 5.32 Å². The number of rotatable bonds is 2. The molecule has 3 aliphatic rings. The molecule has 2 N–H and O–H groups in total. The van der Waals surface area contributed by atoms with Crippen LogP contribution in [0.4, 0.5) is 9.93 Å². The highest BCUT2D eigenvalue weighted by atomic mass is 32.1. The number of piperidine rings is 1. The number of hydrogen-bond acceptors (Lipinski definition) is 5. The topological polar surface area (TPSA) is 78.4 Å². The third-order valence-corrected chi connectivity index (χ3v) is 5.52. The fourth-order valence-electron chi connectivity index (χ4n) is 3.42. The SMILES string of the molecule is O=C(Nc1nnc(C2CC2)s1)N1[C@@H]2CC[C@H]1CC(O)C2. The number of carbonyl (C=O) groups excluding carboxylic acids is 1. The Balaban J connectivity index is 1.44. The van der Waals surface area contributed by atoms with Gasteiger partial charge in [0.05, 0.1) is 6.10 Å². The number of anilines is 1. The summed E-state index contributed by atoms with van der Waals surface area (Å²) in [5.41, 5.74) is 0. The second-order valence-electron chi connectivity index (χ2n) is 6.07. The van der Waals surface area contributed by atoms with E-state index in [-0.39, 0.29) is 24.2 Å². The Labute approximate surface area is 121 Å². The second kappa shape index (κ2) is 4.66. The first-order valence-corrected chi connectivity index (χ1v) is 8.13. The Morgan fingerprint density at radius 2 is 1.90 bits per heavy atom. The van der Waals surface area contributed by atoms with E-state index in [2.05, 4.69) is 15.5 Å². The highest BCUT2D eigenvalue weighted by molar-refractivity contribution is 7.15. The van der Waals surface area contributed by atoms with Crippen LogP contribution in [0.1, 0.15) is 49.5 Å². The van der Waals surface area contributed by atoms with Crippen LogP contribution in [0.3, 0.4) is 0 Å². The van der Waals surface area contributed by atoms with E-state index in [0.29, 0.717) is 23.9 Å². The van der Waals surface area contributed by atoms with Crippen molar-refractivity contribution in [2.75, 3.05) is 5.32 Å². The van der Waals surface area contributed by atoms with Crippen LogP contribution >= 0.6 is 11.3 Å². The molecule has 2 bridgehead atoms. The van der Waals surface area contributed by atoms with Crippen molar-refractivity contribution in [2.45, 2.75) is 62.6 Å². The maximum absolute atomic E-state index is 12.4. The fourth-order valence-corrected chi connectivity index (χ4v) is 4.32. The van der Waals surface area contributed by atoms with Gasteiger partial charge in [-0.05, 0) is 38.5 Å². The molecule has 2 saturated heterocycles. The Kier molecular flexibility index (Phi) is 2.92. The largest absolute Gasteiger partial charge is 0.393 e. The number of nitrogens with zero attached hydrogens (tertiary/aromatic N) is 3. The average molecular weight is 294 g/mol. The number of carbonyl (C=O) groups is 1. The lowest BCUT2D eigenvalue weighted by atomic mass is 10.0. The normalized spacial score (nSPS) is 32.5. The van der Waals surface area contributed by atoms with Gasteiger partial charge in [-0.2, -0.15) is 0 Å². The van der Waals surface area contributed by atoms with Gasteiger partial charge < -0.3 is 10.0 Å². The first-order valence-electron chi connectivity index (χ1n) is 7.31. The Bertz CT molecular complexity index is 516. The summed E-state index contributed by atoms with van der Waals surface area (Å²) in [4.78, 5) is 14.3. The van der Waals surface area contributed by atoms with Gasteiger partial charge in [0.2, 0.25) is 5.13 Å². The zero-order valence-electron chi connectivity index (χ0n) is 11.2. The second-order valence-corrected chi connectivity index (χ2v) is 7.08. The Morgan fingerprint density at radius 3 is 2.55 bits per heavy atom. The lowest BCUT2D eigenvalue weighted by Crippen LogP contribution is -2.49. The summed E-state index contributed by atoms with van der Waals surface area (Å²) in [6.45, 7) is 0. The van der Waals surface area contributed by atoms with Crippen molar-refractivity contribution >= 4 is 22.5 Å². The maximum Gasteiger partial charge on any atom is 0.324 e. The molecule has 1 aromatic heterocycles. The molecule has 6 nitrogen and oxygen atoms in total. The van der Waals surface area contributed by atoms with E-state index in [1.165, 1.54) is 24.2 Å². The van der Waals surface area contributed by atoms with Crippen molar-refractivity contribution in [1.29, 1.82) is 0 Å². The molecule has 20 heavy (non-hydrogen) atoms. The van der Waals surface area contributed by atoms with Crippen LogP contribution in [0.15, 0.2) is 0 Å². The molecule has 1 aromatic rings. The number of urea groups is 1. The number of fused-ring (bicyclic) bond motifs is 2. The van der Waals surface area contributed by atoms with E-state index < -0.39 is 0 Å². The third kappa shape index (κ3) is 2.18. The van der Waals surface area contributed by atoms with E-state index >= 15 is 0 Å². The van der Waals surface area contributed by atoms with Crippen molar-refractivity contribution in [2.24, 2.45) is 0 Å². The minimum absolute atomic E-state index is 0.0807. The van der Waals surface area contributed by atoms with Gasteiger partial charge in [-0.3, -0.25) is 5.32 Å². The van der Waals surface area contributed by atoms with Gasteiger partial charge in [-0.15, -0.1) is 10.2 Å². The molecule has 3 heterocycles. The number of amides is 2. The number of hydrogen-bond donors (Lipinski definition) is 2. The van der Waals surface area contributed by atoms with E-state index in [9.17, 15) is 9.90 Å². The number of aromatic nitrogens is 2. The molecular formula is C13H18N4O2S. The summed E-state index contributed by atoms with van der Waals surface area (Å²) in [6, 6.07) is 0.280. The van der Waals surface area contributed by atoms with Gasteiger partial charge in [0.25, 0.3) is 0 Å². The van der Waals surface area contributed by atoms with E-state index in [1.807, 2.05) is 4.90 Å². The minimum atomic E-state index is -0.250. The molecule has 0 aromatic carbocycles. The summed E-state index contributed by atoms with van der Waals surface area (Å²) in [5.74, 6) is 0.569. The first-order chi connectivity index (χ1) is 9.70. The lowest BCUT2D eigenvalue weighted by Gasteiger charge is -2.36. The quantitative estimate of drug-likeness (QED) is 0.873. The predicted molar refractivity (Wildman–Crippen MR) is 74.8 cm³/mol. The highest BCUT2D eigenvalue weighted by Gasteiger charge is 2.43. The molecule has 108 valence electrons. The van der Waals surface area contributed by atoms with Gasteiger partial charge in [0.15, 0.2) is 0 Å². The molecule has 2 aliphatic heterocycles. The molecular weight excluding hydrogens is 276 g/mol. The summed E-state index contributed by atoms with van der Waals surface area (Å²) < 4.78 is 0. The van der Waals surface area contributed by atoms with E-state index in [4.69, 9.17) is 0 Å². The zero-order valence-corrected chi connectivity index (χ0v) is 12.0. The average Bonchev–Trinajstić information content (AvgIpc) is 3.09.